The number of nitrogens with zero attached hydrogens (tertiary/aromatic N) is 3. The van der Waals surface area contributed by atoms with Crippen LogP contribution in [-0.2, 0) is 13.2 Å². The lowest BCUT2D eigenvalue weighted by atomic mass is 10.1. The number of hydrogen-bond donors (Lipinski definition) is 1. The number of aromatic nitrogens is 3. The largest absolute Gasteiger partial charge is 0.435 e. The first kappa shape index (κ1) is 19.5. The van der Waals surface area contributed by atoms with Gasteiger partial charge in [0.1, 0.15) is 23.3 Å². The van der Waals surface area contributed by atoms with Gasteiger partial charge in [-0.3, -0.25) is 4.68 Å². The van der Waals surface area contributed by atoms with Crippen LogP contribution in [0.4, 0.5) is 32.2 Å². The highest BCUT2D eigenvalue weighted by Crippen LogP contribution is 2.31. The predicted octanol–water partition coefficient (Wildman–Crippen LogP) is 5.00. The minimum atomic E-state index is -4.58. The molecular weight excluding hydrogens is 386 g/mol. The van der Waals surface area contributed by atoms with Gasteiger partial charge >= 0.3 is 6.18 Å². The average molecular weight is 398 g/mol. The quantitative estimate of drug-likeness (QED) is 0.629. The summed E-state index contributed by atoms with van der Waals surface area (Å²) >= 11 is 0. The van der Waals surface area contributed by atoms with Crippen LogP contribution in [0.5, 0.6) is 0 Å². The Morgan fingerprint density at radius 3 is 2.21 bits per heavy atom. The van der Waals surface area contributed by atoms with E-state index in [4.69, 9.17) is 0 Å². The third-order valence-electron chi connectivity index (χ3n) is 3.82. The van der Waals surface area contributed by atoms with E-state index in [9.17, 15) is 26.3 Å². The molecule has 146 valence electrons. The number of rotatable bonds is 4. The van der Waals surface area contributed by atoms with Crippen LogP contribution in [-0.4, -0.2) is 14.8 Å². The summed E-state index contributed by atoms with van der Waals surface area (Å²) in [4.78, 5) is 4.00. The van der Waals surface area contributed by atoms with E-state index in [1.54, 1.807) is 0 Å². The Bertz CT molecular complexity index is 1010. The standard InChI is InChI=1S/C18H12F6N4/c1-9(17-12(20)5-11(19)6-13(17)21)26-16-4-3-10(8-25-16)14-7-15(18(22,23)24)27-28(14)2/h3-8H,1H2,2H3,(H,25,26). The van der Waals surface area contributed by atoms with E-state index in [0.717, 1.165) is 10.7 Å². The summed E-state index contributed by atoms with van der Waals surface area (Å²) in [6.45, 7) is 3.50. The average Bonchev–Trinajstić information content (AvgIpc) is 2.96. The lowest BCUT2D eigenvalue weighted by molar-refractivity contribution is -0.141. The molecule has 1 aromatic carbocycles. The molecular formula is C18H12F6N4. The van der Waals surface area contributed by atoms with Crippen molar-refractivity contribution in [2.45, 2.75) is 6.18 Å². The molecule has 0 aliphatic heterocycles. The van der Waals surface area contributed by atoms with E-state index in [1.807, 2.05) is 0 Å². The number of nitrogens with one attached hydrogen (secondary N) is 1. The summed E-state index contributed by atoms with van der Waals surface area (Å²) in [6, 6.07) is 4.76. The molecule has 0 saturated carbocycles. The second-order valence-corrected chi connectivity index (χ2v) is 5.82. The van der Waals surface area contributed by atoms with E-state index in [2.05, 4.69) is 22.0 Å². The van der Waals surface area contributed by atoms with E-state index >= 15 is 0 Å². The van der Waals surface area contributed by atoms with Crippen LogP contribution < -0.4 is 5.32 Å². The number of anilines is 1. The number of alkyl halides is 3. The molecule has 0 spiro atoms. The third-order valence-corrected chi connectivity index (χ3v) is 3.82. The molecule has 4 nitrogen and oxygen atoms in total. The molecule has 28 heavy (non-hydrogen) atoms. The van der Waals surface area contributed by atoms with Crippen LogP contribution in [0.15, 0.2) is 43.1 Å². The van der Waals surface area contributed by atoms with Crippen molar-refractivity contribution in [3.8, 4) is 11.3 Å². The maximum Gasteiger partial charge on any atom is 0.435 e. The molecule has 3 aromatic rings. The number of hydrogen-bond acceptors (Lipinski definition) is 3. The van der Waals surface area contributed by atoms with Gasteiger partial charge in [0.15, 0.2) is 5.69 Å². The number of halogens is 6. The molecule has 0 atom stereocenters. The van der Waals surface area contributed by atoms with Gasteiger partial charge in [0, 0.05) is 36.6 Å². The Hall–Kier alpha value is -3.30. The molecule has 3 rings (SSSR count). The zero-order valence-electron chi connectivity index (χ0n) is 14.3. The van der Waals surface area contributed by atoms with E-state index in [1.165, 1.54) is 25.4 Å². The maximum atomic E-state index is 13.8. The van der Waals surface area contributed by atoms with E-state index < -0.39 is 34.9 Å². The molecule has 0 saturated heterocycles. The SMILES string of the molecule is C=C(Nc1ccc(-c2cc(C(F)(F)F)nn2C)cn1)c1c(F)cc(F)cc1F. The highest BCUT2D eigenvalue weighted by molar-refractivity contribution is 5.75. The van der Waals surface area contributed by atoms with Gasteiger partial charge in [-0.15, -0.1) is 0 Å². The van der Waals surface area contributed by atoms with Gasteiger partial charge in [0.25, 0.3) is 0 Å². The Kier molecular flexibility index (Phi) is 4.88. The molecule has 0 amide bonds. The smallest absolute Gasteiger partial charge is 0.340 e. The van der Waals surface area contributed by atoms with Crippen molar-refractivity contribution in [2.24, 2.45) is 7.05 Å². The number of benzene rings is 1. The van der Waals surface area contributed by atoms with Gasteiger partial charge in [0.2, 0.25) is 0 Å². The third kappa shape index (κ3) is 3.85. The Balaban J connectivity index is 1.82. The minimum absolute atomic E-state index is 0.134. The summed E-state index contributed by atoms with van der Waals surface area (Å²) in [5, 5.41) is 5.99. The van der Waals surface area contributed by atoms with E-state index in [0.29, 0.717) is 17.7 Å². The van der Waals surface area contributed by atoms with Crippen molar-refractivity contribution in [1.29, 1.82) is 0 Å². The zero-order chi connectivity index (χ0) is 20.6. The topological polar surface area (TPSA) is 42.7 Å². The fourth-order valence-corrected chi connectivity index (χ4v) is 2.54. The first-order valence-electron chi connectivity index (χ1n) is 7.75. The summed E-state index contributed by atoms with van der Waals surface area (Å²) in [5.74, 6) is -3.21. The van der Waals surface area contributed by atoms with Crippen molar-refractivity contribution in [3.63, 3.8) is 0 Å². The van der Waals surface area contributed by atoms with Crippen LogP contribution in [0.1, 0.15) is 11.3 Å². The van der Waals surface area contributed by atoms with Gasteiger partial charge in [-0.05, 0) is 18.2 Å². The van der Waals surface area contributed by atoms with Gasteiger partial charge < -0.3 is 5.32 Å². The molecule has 1 N–H and O–H groups in total. The Labute approximate surface area is 155 Å². The number of pyridine rings is 1. The van der Waals surface area contributed by atoms with Crippen molar-refractivity contribution >= 4 is 11.5 Å². The molecule has 0 aliphatic carbocycles. The highest BCUT2D eigenvalue weighted by atomic mass is 19.4. The molecule has 0 fully saturated rings. The van der Waals surface area contributed by atoms with Crippen molar-refractivity contribution in [1.82, 2.24) is 14.8 Å². The first-order valence-corrected chi connectivity index (χ1v) is 7.75. The summed E-state index contributed by atoms with van der Waals surface area (Å²) < 4.78 is 79.9. The fraction of sp³-hybridized carbons (Fsp3) is 0.111. The van der Waals surface area contributed by atoms with Crippen LogP contribution in [0.25, 0.3) is 17.0 Å². The summed E-state index contributed by atoms with van der Waals surface area (Å²) in [6.07, 6.45) is -3.31. The molecule has 0 bridgehead atoms. The second kappa shape index (κ2) is 7.02. The highest BCUT2D eigenvalue weighted by Gasteiger charge is 2.34. The Morgan fingerprint density at radius 2 is 1.71 bits per heavy atom. The van der Waals surface area contributed by atoms with Gasteiger partial charge in [-0.25, -0.2) is 18.2 Å². The van der Waals surface area contributed by atoms with Crippen molar-refractivity contribution in [2.75, 3.05) is 5.32 Å². The van der Waals surface area contributed by atoms with Crippen molar-refractivity contribution in [3.05, 3.63) is 71.8 Å². The first-order chi connectivity index (χ1) is 13.1. The van der Waals surface area contributed by atoms with Gasteiger partial charge in [0.05, 0.1) is 11.3 Å². The molecule has 0 radical (unpaired) electrons. The molecule has 10 heteroatoms. The summed E-state index contributed by atoms with van der Waals surface area (Å²) in [7, 11) is 1.36. The lowest BCUT2D eigenvalue weighted by Crippen LogP contribution is -2.06. The van der Waals surface area contributed by atoms with Crippen LogP contribution in [0, 0.1) is 17.5 Å². The Morgan fingerprint density at radius 1 is 1.07 bits per heavy atom. The van der Waals surface area contributed by atoms with Gasteiger partial charge in [-0.1, -0.05) is 6.58 Å². The molecule has 0 unspecified atom stereocenters. The summed E-state index contributed by atoms with van der Waals surface area (Å²) in [5.41, 5.74) is -1.26. The number of aryl methyl sites for hydroxylation is 1. The predicted molar refractivity (Wildman–Crippen MR) is 90.4 cm³/mol. The second-order valence-electron chi connectivity index (χ2n) is 5.82. The lowest BCUT2D eigenvalue weighted by Gasteiger charge is -2.11. The molecule has 2 aromatic heterocycles. The van der Waals surface area contributed by atoms with Crippen molar-refractivity contribution < 1.29 is 26.3 Å². The zero-order valence-corrected chi connectivity index (χ0v) is 14.3. The molecule has 0 aliphatic rings. The monoisotopic (exact) mass is 398 g/mol. The normalized spacial score (nSPS) is 11.5. The van der Waals surface area contributed by atoms with Gasteiger partial charge in [-0.2, -0.15) is 18.3 Å². The van der Waals surface area contributed by atoms with Crippen LogP contribution >= 0.6 is 0 Å². The molecule has 2 heterocycles. The van der Waals surface area contributed by atoms with Crippen LogP contribution in [0.3, 0.4) is 0 Å². The van der Waals surface area contributed by atoms with E-state index in [-0.39, 0.29) is 17.2 Å². The fourth-order valence-electron chi connectivity index (χ4n) is 2.54. The maximum absolute atomic E-state index is 13.8. The minimum Gasteiger partial charge on any atom is -0.340 e. The van der Waals surface area contributed by atoms with Crippen LogP contribution in [0.2, 0.25) is 0 Å².